The Morgan fingerprint density at radius 3 is 2.73 bits per heavy atom. The van der Waals surface area contributed by atoms with E-state index in [1.807, 2.05) is 0 Å². The van der Waals surface area contributed by atoms with Crippen LogP contribution in [-0.2, 0) is 9.59 Å². The van der Waals surface area contributed by atoms with Gasteiger partial charge in [-0.05, 0) is 12.0 Å². The number of nitrogens with zero attached hydrogens (tertiary/aromatic N) is 3. The van der Waals surface area contributed by atoms with Crippen LogP contribution in [0.15, 0.2) is 5.11 Å². The largest absolute Gasteiger partial charge is 0.480 e. The lowest BCUT2D eigenvalue weighted by atomic mass is 10.2. The van der Waals surface area contributed by atoms with Crippen molar-refractivity contribution >= 4 is 24.5 Å². The molecule has 0 aliphatic heterocycles. The van der Waals surface area contributed by atoms with Crippen molar-refractivity contribution in [3.63, 3.8) is 0 Å². The quantitative estimate of drug-likeness (QED) is 0.196. The Kier molecular flexibility index (Phi) is 7.21. The number of hydrogen-bond acceptors (Lipinski definition) is 4. The molecule has 1 amide bonds. The summed E-state index contributed by atoms with van der Waals surface area (Å²) in [5.41, 5.74) is 7.96. The number of azide groups is 1. The Morgan fingerprint density at radius 2 is 2.27 bits per heavy atom. The van der Waals surface area contributed by atoms with Crippen LogP contribution < -0.4 is 5.32 Å². The van der Waals surface area contributed by atoms with Gasteiger partial charge in [-0.15, -0.1) is 0 Å². The standard InChI is InChI=1S/C7H12N4O3S/c8-11-9-3-1-2-6(12)10-5(4-15)7(13)14/h5,15H,1-4H2,(H,10,12)(H,13,14)/t5-/m0/s1. The molecule has 0 radical (unpaired) electrons. The summed E-state index contributed by atoms with van der Waals surface area (Å²) >= 11 is 3.79. The molecule has 0 spiro atoms. The van der Waals surface area contributed by atoms with Crippen LogP contribution in [0.25, 0.3) is 10.4 Å². The second kappa shape index (κ2) is 7.95. The molecule has 2 N–H and O–H groups in total. The van der Waals surface area contributed by atoms with Crippen molar-refractivity contribution in [2.75, 3.05) is 12.3 Å². The van der Waals surface area contributed by atoms with Gasteiger partial charge in [-0.25, -0.2) is 4.79 Å². The lowest BCUT2D eigenvalue weighted by molar-refractivity contribution is -0.141. The summed E-state index contributed by atoms with van der Waals surface area (Å²) in [6.07, 6.45) is 0.533. The fourth-order valence-electron chi connectivity index (χ4n) is 0.807. The normalized spacial score (nSPS) is 11.3. The first-order valence-corrected chi connectivity index (χ1v) is 4.89. The molecule has 0 unspecified atom stereocenters. The highest BCUT2D eigenvalue weighted by atomic mass is 32.1. The SMILES string of the molecule is [N-]=[N+]=NCCCC(=O)N[C@@H](CS)C(=O)O. The second-order valence-electron chi connectivity index (χ2n) is 2.70. The van der Waals surface area contributed by atoms with Crippen molar-refractivity contribution in [1.29, 1.82) is 0 Å². The summed E-state index contributed by atoms with van der Waals surface area (Å²) in [5.74, 6) is -1.46. The number of carbonyl (C=O) groups is 2. The summed E-state index contributed by atoms with van der Waals surface area (Å²) < 4.78 is 0. The minimum atomic E-state index is -1.12. The number of carbonyl (C=O) groups excluding carboxylic acids is 1. The molecule has 0 aliphatic carbocycles. The van der Waals surface area contributed by atoms with E-state index in [9.17, 15) is 9.59 Å². The Labute approximate surface area is 91.9 Å². The first-order valence-electron chi connectivity index (χ1n) is 4.25. The zero-order valence-corrected chi connectivity index (χ0v) is 8.85. The molecule has 0 saturated carbocycles. The molecular formula is C7H12N4O3S. The molecular weight excluding hydrogens is 220 g/mol. The first kappa shape index (κ1) is 13.6. The lowest BCUT2D eigenvalue weighted by Gasteiger charge is -2.11. The number of amides is 1. The zero-order chi connectivity index (χ0) is 11.7. The molecule has 15 heavy (non-hydrogen) atoms. The van der Waals surface area contributed by atoms with Crippen LogP contribution >= 0.6 is 12.6 Å². The van der Waals surface area contributed by atoms with Crippen LogP contribution in [0.1, 0.15) is 12.8 Å². The lowest BCUT2D eigenvalue weighted by Crippen LogP contribution is -2.42. The van der Waals surface area contributed by atoms with E-state index in [4.69, 9.17) is 10.6 Å². The summed E-state index contributed by atoms with van der Waals surface area (Å²) in [6, 6.07) is -0.972. The summed E-state index contributed by atoms with van der Waals surface area (Å²) in [7, 11) is 0. The average molecular weight is 232 g/mol. The highest BCUT2D eigenvalue weighted by Crippen LogP contribution is 1.94. The Balaban J connectivity index is 3.81. The maximum atomic E-state index is 11.1. The molecule has 7 nitrogen and oxygen atoms in total. The maximum absolute atomic E-state index is 11.1. The number of rotatable bonds is 7. The number of carboxylic acid groups (broad SMARTS) is 1. The molecule has 8 heteroatoms. The third-order valence-electron chi connectivity index (χ3n) is 1.54. The van der Waals surface area contributed by atoms with E-state index in [2.05, 4.69) is 28.0 Å². The fraction of sp³-hybridized carbons (Fsp3) is 0.714. The van der Waals surface area contributed by atoms with E-state index >= 15 is 0 Å². The number of carboxylic acids is 1. The summed E-state index contributed by atoms with van der Waals surface area (Å²) in [5, 5.41) is 14.1. The number of thiol groups is 1. The molecule has 0 heterocycles. The van der Waals surface area contributed by atoms with Gasteiger partial charge in [-0.1, -0.05) is 5.11 Å². The molecule has 0 aromatic carbocycles. The Morgan fingerprint density at radius 1 is 1.60 bits per heavy atom. The van der Waals surface area contributed by atoms with Crippen molar-refractivity contribution < 1.29 is 14.7 Å². The van der Waals surface area contributed by atoms with E-state index in [1.165, 1.54) is 0 Å². The van der Waals surface area contributed by atoms with Crippen molar-refractivity contribution in [2.45, 2.75) is 18.9 Å². The molecule has 0 aromatic rings. The first-order chi connectivity index (χ1) is 7.11. The van der Waals surface area contributed by atoms with Gasteiger partial charge in [0.25, 0.3) is 0 Å². The average Bonchev–Trinajstić information content (AvgIpc) is 2.20. The number of nitrogens with one attached hydrogen (secondary N) is 1. The molecule has 0 aliphatic rings. The van der Waals surface area contributed by atoms with Gasteiger partial charge >= 0.3 is 5.97 Å². The fourth-order valence-corrected chi connectivity index (χ4v) is 1.05. The molecule has 0 rings (SSSR count). The van der Waals surface area contributed by atoms with Crippen LogP contribution in [0.5, 0.6) is 0 Å². The van der Waals surface area contributed by atoms with Crippen molar-refractivity contribution in [3.05, 3.63) is 10.4 Å². The van der Waals surface area contributed by atoms with Crippen molar-refractivity contribution in [1.82, 2.24) is 5.32 Å². The van der Waals surface area contributed by atoms with Crippen LogP contribution in [0.3, 0.4) is 0 Å². The highest BCUT2D eigenvalue weighted by molar-refractivity contribution is 7.80. The van der Waals surface area contributed by atoms with Gasteiger partial charge in [0.2, 0.25) is 5.91 Å². The van der Waals surface area contributed by atoms with E-state index in [0.717, 1.165) is 0 Å². The van der Waals surface area contributed by atoms with Gasteiger partial charge in [0, 0.05) is 23.6 Å². The smallest absolute Gasteiger partial charge is 0.327 e. The minimum absolute atomic E-state index is 0.0391. The Bertz CT molecular complexity index is 277. The highest BCUT2D eigenvalue weighted by Gasteiger charge is 2.17. The van der Waals surface area contributed by atoms with Gasteiger partial charge in [-0.2, -0.15) is 12.6 Å². The van der Waals surface area contributed by atoms with Gasteiger partial charge in [-0.3, -0.25) is 4.79 Å². The third-order valence-corrected chi connectivity index (χ3v) is 1.91. The molecule has 0 bridgehead atoms. The molecule has 0 fully saturated rings. The zero-order valence-electron chi connectivity index (χ0n) is 7.96. The third kappa shape index (κ3) is 6.64. The maximum Gasteiger partial charge on any atom is 0.327 e. The predicted octanol–water partition coefficient (Wildman–Crippen LogP) is 0.576. The van der Waals surface area contributed by atoms with Crippen LogP contribution in [0.2, 0.25) is 0 Å². The molecule has 0 saturated heterocycles. The summed E-state index contributed by atoms with van der Waals surface area (Å²) in [6.45, 7) is 0.225. The predicted molar refractivity (Wildman–Crippen MR) is 56.7 cm³/mol. The molecule has 1 atom stereocenters. The molecule has 0 aromatic heterocycles. The summed E-state index contributed by atoms with van der Waals surface area (Å²) in [4.78, 5) is 24.2. The van der Waals surface area contributed by atoms with E-state index in [1.54, 1.807) is 0 Å². The van der Waals surface area contributed by atoms with Gasteiger partial charge < -0.3 is 10.4 Å². The minimum Gasteiger partial charge on any atom is -0.480 e. The van der Waals surface area contributed by atoms with Crippen LogP contribution in [-0.4, -0.2) is 35.3 Å². The topological polar surface area (TPSA) is 115 Å². The van der Waals surface area contributed by atoms with Crippen molar-refractivity contribution in [3.8, 4) is 0 Å². The van der Waals surface area contributed by atoms with Gasteiger partial charge in [0.1, 0.15) is 6.04 Å². The van der Waals surface area contributed by atoms with Crippen molar-refractivity contribution in [2.24, 2.45) is 5.11 Å². The number of hydrogen-bond donors (Lipinski definition) is 3. The van der Waals surface area contributed by atoms with E-state index < -0.39 is 12.0 Å². The van der Waals surface area contributed by atoms with Crippen LogP contribution in [0, 0.1) is 0 Å². The van der Waals surface area contributed by atoms with Gasteiger partial charge in [0.15, 0.2) is 0 Å². The molecule has 84 valence electrons. The number of aliphatic carboxylic acids is 1. The van der Waals surface area contributed by atoms with E-state index in [-0.39, 0.29) is 24.6 Å². The Hall–Kier alpha value is -1.40. The van der Waals surface area contributed by atoms with Crippen LogP contribution in [0.4, 0.5) is 0 Å². The monoisotopic (exact) mass is 232 g/mol. The van der Waals surface area contributed by atoms with E-state index in [0.29, 0.717) is 6.42 Å². The van der Waals surface area contributed by atoms with Gasteiger partial charge in [0.05, 0.1) is 0 Å². The second-order valence-corrected chi connectivity index (χ2v) is 3.06.